The fourth-order valence-corrected chi connectivity index (χ4v) is 3.85. The van der Waals surface area contributed by atoms with Crippen molar-refractivity contribution in [3.05, 3.63) is 29.3 Å². The summed E-state index contributed by atoms with van der Waals surface area (Å²) in [7, 11) is -3.34. The van der Waals surface area contributed by atoms with Crippen LogP contribution in [0.25, 0.3) is 0 Å². The molecule has 0 spiro atoms. The van der Waals surface area contributed by atoms with E-state index in [4.69, 9.17) is 5.73 Å². The summed E-state index contributed by atoms with van der Waals surface area (Å²) < 4.78 is 26.4. The summed E-state index contributed by atoms with van der Waals surface area (Å²) in [5.74, 6) is 0.298. The number of hydrogen-bond acceptors (Lipinski definition) is 3. The van der Waals surface area contributed by atoms with E-state index in [2.05, 4.69) is 0 Å². The molecule has 4 nitrogen and oxygen atoms in total. The van der Waals surface area contributed by atoms with Crippen molar-refractivity contribution in [1.29, 1.82) is 0 Å². The molecular weight excluding hydrogens is 248 g/mol. The van der Waals surface area contributed by atoms with Crippen LogP contribution in [0.1, 0.15) is 17.5 Å². The predicted molar refractivity (Wildman–Crippen MR) is 71.8 cm³/mol. The van der Waals surface area contributed by atoms with E-state index in [1.807, 2.05) is 19.9 Å². The number of nitrogens with two attached hydrogens (primary N) is 1. The number of hydrogen-bond donors (Lipinski definition) is 1. The molecule has 1 aliphatic heterocycles. The number of benzene rings is 1. The van der Waals surface area contributed by atoms with Crippen molar-refractivity contribution in [2.75, 3.05) is 19.6 Å². The minimum atomic E-state index is -3.34. The van der Waals surface area contributed by atoms with E-state index < -0.39 is 10.0 Å². The van der Waals surface area contributed by atoms with E-state index >= 15 is 0 Å². The van der Waals surface area contributed by atoms with Gasteiger partial charge < -0.3 is 5.73 Å². The molecule has 1 aromatic carbocycles. The SMILES string of the molecule is Cc1ccc(S(=O)(=O)N2CCC(CN)C2)cc1C. The Morgan fingerprint density at radius 1 is 1.33 bits per heavy atom. The Morgan fingerprint density at radius 3 is 2.61 bits per heavy atom. The highest BCUT2D eigenvalue weighted by atomic mass is 32.2. The maximum Gasteiger partial charge on any atom is 0.243 e. The van der Waals surface area contributed by atoms with Gasteiger partial charge in [-0.1, -0.05) is 6.07 Å². The second-order valence-electron chi connectivity index (χ2n) is 5.00. The summed E-state index contributed by atoms with van der Waals surface area (Å²) in [4.78, 5) is 0.392. The van der Waals surface area contributed by atoms with Crippen molar-refractivity contribution >= 4 is 10.0 Å². The van der Waals surface area contributed by atoms with Gasteiger partial charge in [0.1, 0.15) is 0 Å². The van der Waals surface area contributed by atoms with Crippen molar-refractivity contribution in [1.82, 2.24) is 4.31 Å². The standard InChI is InChI=1S/C13H20N2O2S/c1-10-3-4-13(7-11(10)2)18(16,17)15-6-5-12(8-14)9-15/h3-4,7,12H,5-6,8-9,14H2,1-2H3. The minimum Gasteiger partial charge on any atom is -0.330 e. The van der Waals surface area contributed by atoms with E-state index in [1.54, 1.807) is 16.4 Å². The third-order valence-corrected chi connectivity index (χ3v) is 5.56. The van der Waals surface area contributed by atoms with Crippen LogP contribution in [0, 0.1) is 19.8 Å². The normalized spacial score (nSPS) is 21.4. The van der Waals surface area contributed by atoms with Crippen molar-refractivity contribution < 1.29 is 8.42 Å². The lowest BCUT2D eigenvalue weighted by Crippen LogP contribution is -2.30. The maximum absolute atomic E-state index is 12.4. The van der Waals surface area contributed by atoms with Crippen LogP contribution in [0.3, 0.4) is 0 Å². The summed E-state index contributed by atoms with van der Waals surface area (Å²) in [6.45, 7) is 5.59. The van der Waals surface area contributed by atoms with E-state index in [-0.39, 0.29) is 0 Å². The van der Waals surface area contributed by atoms with Gasteiger partial charge >= 0.3 is 0 Å². The first-order valence-electron chi connectivity index (χ1n) is 6.22. The quantitative estimate of drug-likeness (QED) is 0.898. The maximum atomic E-state index is 12.4. The molecular formula is C13H20N2O2S. The number of rotatable bonds is 3. The van der Waals surface area contributed by atoms with Crippen LogP contribution in [-0.4, -0.2) is 32.4 Å². The Morgan fingerprint density at radius 2 is 2.06 bits per heavy atom. The minimum absolute atomic E-state index is 0.298. The van der Waals surface area contributed by atoms with Crippen LogP contribution in [0.15, 0.2) is 23.1 Å². The Bertz CT molecular complexity index is 540. The van der Waals surface area contributed by atoms with Gasteiger partial charge in [0, 0.05) is 13.1 Å². The van der Waals surface area contributed by atoms with Gasteiger partial charge in [-0.25, -0.2) is 8.42 Å². The average molecular weight is 268 g/mol. The summed E-state index contributed by atoms with van der Waals surface area (Å²) >= 11 is 0. The summed E-state index contributed by atoms with van der Waals surface area (Å²) in [6, 6.07) is 5.30. The first-order valence-corrected chi connectivity index (χ1v) is 7.66. The molecule has 0 radical (unpaired) electrons. The Kier molecular flexibility index (Phi) is 3.75. The molecule has 0 amide bonds. The van der Waals surface area contributed by atoms with Crippen molar-refractivity contribution in [2.24, 2.45) is 11.7 Å². The zero-order valence-corrected chi connectivity index (χ0v) is 11.7. The van der Waals surface area contributed by atoms with Crippen molar-refractivity contribution in [2.45, 2.75) is 25.2 Å². The van der Waals surface area contributed by atoms with E-state index in [9.17, 15) is 8.42 Å². The molecule has 2 rings (SSSR count). The largest absolute Gasteiger partial charge is 0.330 e. The molecule has 2 N–H and O–H groups in total. The van der Waals surface area contributed by atoms with Gasteiger partial charge in [-0.05, 0) is 56.0 Å². The average Bonchev–Trinajstić information content (AvgIpc) is 2.81. The molecule has 0 aromatic heterocycles. The molecule has 1 aromatic rings. The van der Waals surface area contributed by atoms with E-state index in [0.29, 0.717) is 30.4 Å². The molecule has 0 bridgehead atoms. The highest BCUT2D eigenvalue weighted by Gasteiger charge is 2.31. The van der Waals surface area contributed by atoms with Crippen LogP contribution in [0.4, 0.5) is 0 Å². The smallest absolute Gasteiger partial charge is 0.243 e. The molecule has 1 fully saturated rings. The third kappa shape index (κ3) is 2.43. The Labute approximate surface area is 109 Å². The highest BCUT2D eigenvalue weighted by Crippen LogP contribution is 2.24. The van der Waals surface area contributed by atoms with Gasteiger partial charge in [0.05, 0.1) is 4.90 Å². The zero-order valence-electron chi connectivity index (χ0n) is 10.9. The third-order valence-electron chi connectivity index (χ3n) is 3.70. The van der Waals surface area contributed by atoms with Crippen LogP contribution in [0.5, 0.6) is 0 Å². The predicted octanol–water partition coefficient (Wildman–Crippen LogP) is 1.27. The molecule has 0 saturated carbocycles. The summed E-state index contributed by atoms with van der Waals surface area (Å²) in [5, 5.41) is 0. The fraction of sp³-hybridized carbons (Fsp3) is 0.538. The van der Waals surface area contributed by atoms with E-state index in [0.717, 1.165) is 17.5 Å². The number of aryl methyl sites for hydroxylation is 2. The molecule has 0 aliphatic carbocycles. The van der Waals surface area contributed by atoms with Gasteiger partial charge in [-0.2, -0.15) is 4.31 Å². The van der Waals surface area contributed by atoms with Crippen LogP contribution >= 0.6 is 0 Å². The highest BCUT2D eigenvalue weighted by molar-refractivity contribution is 7.89. The lowest BCUT2D eigenvalue weighted by Gasteiger charge is -2.17. The lowest BCUT2D eigenvalue weighted by atomic mass is 10.1. The van der Waals surface area contributed by atoms with Crippen LogP contribution in [0.2, 0.25) is 0 Å². The lowest BCUT2D eigenvalue weighted by molar-refractivity contribution is 0.459. The zero-order chi connectivity index (χ0) is 13.3. The molecule has 1 atom stereocenters. The molecule has 1 heterocycles. The van der Waals surface area contributed by atoms with Gasteiger partial charge in [0.2, 0.25) is 10.0 Å². The molecule has 1 saturated heterocycles. The fourth-order valence-electron chi connectivity index (χ4n) is 2.23. The Balaban J connectivity index is 2.28. The molecule has 1 aliphatic rings. The second-order valence-corrected chi connectivity index (χ2v) is 6.94. The van der Waals surface area contributed by atoms with Gasteiger partial charge in [0.15, 0.2) is 0 Å². The van der Waals surface area contributed by atoms with Crippen molar-refractivity contribution in [3.8, 4) is 0 Å². The van der Waals surface area contributed by atoms with E-state index in [1.165, 1.54) is 0 Å². The molecule has 1 unspecified atom stereocenters. The monoisotopic (exact) mass is 268 g/mol. The second kappa shape index (κ2) is 4.99. The van der Waals surface area contributed by atoms with Crippen LogP contribution < -0.4 is 5.73 Å². The first kappa shape index (κ1) is 13.5. The van der Waals surface area contributed by atoms with Gasteiger partial charge in [-0.3, -0.25) is 0 Å². The van der Waals surface area contributed by atoms with Crippen molar-refractivity contribution in [3.63, 3.8) is 0 Å². The van der Waals surface area contributed by atoms with Crippen LogP contribution in [-0.2, 0) is 10.0 Å². The Hall–Kier alpha value is -0.910. The first-order chi connectivity index (χ1) is 8.45. The van der Waals surface area contributed by atoms with Gasteiger partial charge in [-0.15, -0.1) is 0 Å². The molecule has 18 heavy (non-hydrogen) atoms. The summed E-state index contributed by atoms with van der Waals surface area (Å²) in [6.07, 6.45) is 0.862. The summed E-state index contributed by atoms with van der Waals surface area (Å²) in [5.41, 5.74) is 7.71. The topological polar surface area (TPSA) is 63.4 Å². The molecule has 5 heteroatoms. The number of nitrogens with zero attached hydrogens (tertiary/aromatic N) is 1. The molecule has 100 valence electrons. The van der Waals surface area contributed by atoms with Gasteiger partial charge in [0.25, 0.3) is 0 Å². The number of sulfonamides is 1.